The fraction of sp³-hybridized carbons (Fsp3) is 0.238. The summed E-state index contributed by atoms with van der Waals surface area (Å²) >= 11 is 9.56. The van der Waals surface area contributed by atoms with E-state index in [4.69, 9.17) is 16.3 Å². The lowest BCUT2D eigenvalue weighted by Gasteiger charge is -2.14. The molecule has 0 N–H and O–H groups in total. The molecule has 0 aliphatic carbocycles. The molecule has 28 heavy (non-hydrogen) atoms. The minimum atomic E-state index is -0.251. The third-order valence-electron chi connectivity index (χ3n) is 3.98. The van der Waals surface area contributed by atoms with Crippen LogP contribution in [-0.2, 0) is 11.4 Å². The molecule has 0 unspecified atom stereocenters. The fourth-order valence-electron chi connectivity index (χ4n) is 2.64. The molecule has 2 amide bonds. The van der Waals surface area contributed by atoms with Crippen molar-refractivity contribution >= 4 is 63.2 Å². The van der Waals surface area contributed by atoms with Gasteiger partial charge in [-0.2, -0.15) is 0 Å². The van der Waals surface area contributed by atoms with Gasteiger partial charge in [0.05, 0.1) is 9.93 Å². The lowest BCUT2D eigenvalue weighted by Crippen LogP contribution is -2.31. The van der Waals surface area contributed by atoms with Crippen LogP contribution in [0, 0.1) is 9.49 Å². The van der Waals surface area contributed by atoms with Crippen molar-refractivity contribution in [3.05, 3.63) is 67.1 Å². The summed E-state index contributed by atoms with van der Waals surface area (Å²) in [5.74, 6) is 0.552. The van der Waals surface area contributed by atoms with Crippen molar-refractivity contribution in [2.45, 2.75) is 20.5 Å². The molecule has 2 aromatic carbocycles. The van der Waals surface area contributed by atoms with Gasteiger partial charge in [0, 0.05) is 10.1 Å². The van der Waals surface area contributed by atoms with Gasteiger partial charge in [0.15, 0.2) is 0 Å². The summed E-state index contributed by atoms with van der Waals surface area (Å²) in [5.41, 5.74) is 1.81. The second kappa shape index (κ2) is 9.33. The molecule has 0 bridgehead atoms. The molecule has 1 heterocycles. The lowest BCUT2D eigenvalue weighted by atomic mass is 10.2. The standard InChI is InChI=1S/C21H19ClINO3S/c1-13(2)11-24-20(25)19(28-21(24)26)10-15-5-8-18(17(22)9-15)27-12-14-3-6-16(23)7-4-14/h3-10,13H,11-12H2,1-2H3. The van der Waals surface area contributed by atoms with E-state index in [2.05, 4.69) is 22.6 Å². The molecule has 0 saturated carbocycles. The number of carbonyl (C=O) groups excluding carboxylic acids is 2. The highest BCUT2D eigenvalue weighted by Gasteiger charge is 2.35. The Morgan fingerprint density at radius 3 is 2.54 bits per heavy atom. The molecule has 1 saturated heterocycles. The van der Waals surface area contributed by atoms with Gasteiger partial charge in [-0.25, -0.2) is 0 Å². The largest absolute Gasteiger partial charge is 0.487 e. The van der Waals surface area contributed by atoms with E-state index >= 15 is 0 Å². The smallest absolute Gasteiger partial charge is 0.293 e. The number of imide groups is 1. The quantitative estimate of drug-likeness (QED) is 0.331. The molecule has 7 heteroatoms. The van der Waals surface area contributed by atoms with E-state index in [-0.39, 0.29) is 17.1 Å². The van der Waals surface area contributed by atoms with Crippen LogP contribution in [0.15, 0.2) is 47.4 Å². The van der Waals surface area contributed by atoms with Gasteiger partial charge >= 0.3 is 0 Å². The number of amides is 2. The zero-order valence-corrected chi connectivity index (χ0v) is 19.2. The van der Waals surface area contributed by atoms with Gasteiger partial charge in [0.2, 0.25) is 0 Å². The van der Waals surface area contributed by atoms with E-state index < -0.39 is 0 Å². The van der Waals surface area contributed by atoms with Crippen LogP contribution in [0.5, 0.6) is 5.75 Å². The van der Waals surface area contributed by atoms with E-state index in [0.29, 0.717) is 28.8 Å². The maximum absolute atomic E-state index is 12.4. The van der Waals surface area contributed by atoms with Crippen molar-refractivity contribution in [2.75, 3.05) is 6.54 Å². The molecule has 4 nitrogen and oxygen atoms in total. The zero-order valence-electron chi connectivity index (χ0n) is 15.4. The van der Waals surface area contributed by atoms with Gasteiger partial charge < -0.3 is 4.74 Å². The number of nitrogens with zero attached hydrogens (tertiary/aromatic N) is 1. The number of thioether (sulfide) groups is 1. The first kappa shape index (κ1) is 21.2. The Balaban J connectivity index is 1.70. The van der Waals surface area contributed by atoms with E-state index in [0.717, 1.165) is 22.9 Å². The third kappa shape index (κ3) is 5.30. The van der Waals surface area contributed by atoms with Crippen LogP contribution in [0.1, 0.15) is 25.0 Å². The summed E-state index contributed by atoms with van der Waals surface area (Å²) in [7, 11) is 0. The molecule has 0 radical (unpaired) electrons. The van der Waals surface area contributed by atoms with Crippen LogP contribution in [0.25, 0.3) is 6.08 Å². The van der Waals surface area contributed by atoms with Crippen molar-refractivity contribution in [2.24, 2.45) is 5.92 Å². The molecule has 1 aliphatic heterocycles. The number of halogens is 2. The van der Waals surface area contributed by atoms with Crippen molar-refractivity contribution in [3.63, 3.8) is 0 Å². The van der Waals surface area contributed by atoms with Gasteiger partial charge in [0.1, 0.15) is 12.4 Å². The third-order valence-corrected chi connectivity index (χ3v) is 5.90. The Bertz CT molecular complexity index is 928. The van der Waals surface area contributed by atoms with Crippen LogP contribution in [0.2, 0.25) is 5.02 Å². The Hall–Kier alpha value is -1.51. The molecule has 1 fully saturated rings. The van der Waals surface area contributed by atoms with E-state index in [1.165, 1.54) is 8.47 Å². The Morgan fingerprint density at radius 1 is 1.18 bits per heavy atom. The zero-order chi connectivity index (χ0) is 20.3. The second-order valence-corrected chi connectivity index (χ2v) is 9.44. The fourth-order valence-corrected chi connectivity index (χ4v) is 4.09. The average Bonchev–Trinajstić information content (AvgIpc) is 2.89. The maximum atomic E-state index is 12.4. The van der Waals surface area contributed by atoms with Gasteiger partial charge in [-0.1, -0.05) is 43.6 Å². The predicted molar refractivity (Wildman–Crippen MR) is 122 cm³/mol. The number of benzene rings is 2. The summed E-state index contributed by atoms with van der Waals surface area (Å²) in [4.78, 5) is 26.2. The lowest BCUT2D eigenvalue weighted by molar-refractivity contribution is -0.123. The predicted octanol–water partition coefficient (Wildman–Crippen LogP) is 6.22. The number of carbonyl (C=O) groups is 2. The summed E-state index contributed by atoms with van der Waals surface area (Å²) < 4.78 is 6.97. The topological polar surface area (TPSA) is 46.6 Å². The number of ether oxygens (including phenoxy) is 1. The van der Waals surface area contributed by atoms with Crippen LogP contribution in [0.3, 0.4) is 0 Å². The van der Waals surface area contributed by atoms with E-state index in [1.54, 1.807) is 18.2 Å². The normalized spacial score (nSPS) is 15.8. The maximum Gasteiger partial charge on any atom is 0.293 e. The molecule has 1 aliphatic rings. The Labute approximate surface area is 187 Å². The van der Waals surface area contributed by atoms with Gasteiger partial charge in [-0.3, -0.25) is 14.5 Å². The summed E-state index contributed by atoms with van der Waals surface area (Å²) in [5, 5.41) is 0.231. The van der Waals surface area contributed by atoms with Crippen LogP contribution in [-0.4, -0.2) is 22.6 Å². The summed E-state index contributed by atoms with van der Waals surface area (Å²) in [6.07, 6.45) is 1.69. The van der Waals surface area contributed by atoms with Crippen LogP contribution >= 0.6 is 46.0 Å². The molecule has 3 rings (SSSR count). The van der Waals surface area contributed by atoms with E-state index in [1.807, 2.05) is 44.2 Å². The average molecular weight is 528 g/mol. The van der Waals surface area contributed by atoms with Gasteiger partial charge in [-0.05, 0) is 81.7 Å². The van der Waals surface area contributed by atoms with Gasteiger partial charge in [-0.15, -0.1) is 0 Å². The SMILES string of the molecule is CC(C)CN1C(=O)SC(=Cc2ccc(OCc3ccc(I)cc3)c(Cl)c2)C1=O. The number of hydrogen-bond donors (Lipinski definition) is 0. The Morgan fingerprint density at radius 2 is 1.89 bits per heavy atom. The van der Waals surface area contributed by atoms with Crippen molar-refractivity contribution in [3.8, 4) is 5.75 Å². The summed E-state index contributed by atoms with van der Waals surface area (Å²) in [6.45, 7) is 4.79. The molecule has 0 atom stereocenters. The monoisotopic (exact) mass is 527 g/mol. The van der Waals surface area contributed by atoms with Crippen LogP contribution < -0.4 is 4.74 Å². The minimum absolute atomic E-state index is 0.228. The number of rotatable bonds is 6. The highest BCUT2D eigenvalue weighted by molar-refractivity contribution is 14.1. The molecule has 0 spiro atoms. The first-order valence-electron chi connectivity index (χ1n) is 8.75. The molecule has 2 aromatic rings. The first-order valence-corrected chi connectivity index (χ1v) is 11.0. The number of hydrogen-bond acceptors (Lipinski definition) is 4. The van der Waals surface area contributed by atoms with Crippen LogP contribution in [0.4, 0.5) is 4.79 Å². The highest BCUT2D eigenvalue weighted by Crippen LogP contribution is 2.34. The first-order chi connectivity index (χ1) is 13.3. The molecule has 146 valence electrons. The Kier molecular flexibility index (Phi) is 7.06. The van der Waals surface area contributed by atoms with E-state index in [9.17, 15) is 9.59 Å². The molecule has 0 aromatic heterocycles. The van der Waals surface area contributed by atoms with Crippen molar-refractivity contribution < 1.29 is 14.3 Å². The minimum Gasteiger partial charge on any atom is -0.487 e. The van der Waals surface area contributed by atoms with Crippen molar-refractivity contribution in [1.29, 1.82) is 0 Å². The highest BCUT2D eigenvalue weighted by atomic mass is 127. The summed E-state index contributed by atoms with van der Waals surface area (Å²) in [6, 6.07) is 13.4. The molecular formula is C21H19ClINO3S. The van der Waals surface area contributed by atoms with Gasteiger partial charge in [0.25, 0.3) is 11.1 Å². The van der Waals surface area contributed by atoms with Crippen molar-refractivity contribution in [1.82, 2.24) is 4.90 Å². The molecular weight excluding hydrogens is 509 g/mol. The second-order valence-electron chi connectivity index (χ2n) is 6.79.